The van der Waals surface area contributed by atoms with Crippen LogP contribution in [-0.2, 0) is 0 Å². The summed E-state index contributed by atoms with van der Waals surface area (Å²) in [6.45, 7) is 4.92. The number of hydrogen-bond donors (Lipinski definition) is 1. The second-order valence-corrected chi connectivity index (χ2v) is 10.8. The molecular weight excluding hydrogens is 548 g/mol. The zero-order chi connectivity index (χ0) is 30.0. The molecule has 0 amide bonds. The summed E-state index contributed by atoms with van der Waals surface area (Å²) in [5, 5.41) is 8.60. The normalized spacial score (nSPS) is 15.0. The van der Waals surface area contributed by atoms with Crippen molar-refractivity contribution in [3.05, 3.63) is 120 Å². The number of anilines is 2. The molecule has 0 saturated heterocycles. The lowest BCUT2D eigenvalue weighted by Crippen LogP contribution is -2.46. The minimum atomic E-state index is -0.270. The summed E-state index contributed by atoms with van der Waals surface area (Å²) in [6.07, 6.45) is 2.13. The molecule has 0 radical (unpaired) electrons. The highest BCUT2D eigenvalue weighted by atomic mass is 16.5. The molecule has 220 valence electrons. The van der Waals surface area contributed by atoms with Gasteiger partial charge in [0.05, 0.1) is 42.5 Å². The molecule has 0 bridgehead atoms. The second kappa shape index (κ2) is 11.7. The van der Waals surface area contributed by atoms with E-state index in [2.05, 4.69) is 36.2 Å². The van der Waals surface area contributed by atoms with Crippen molar-refractivity contribution in [2.24, 2.45) is 9.98 Å². The summed E-state index contributed by atoms with van der Waals surface area (Å²) in [7, 11) is 1.71. The van der Waals surface area contributed by atoms with Crippen LogP contribution in [0, 0.1) is 6.92 Å². The lowest BCUT2D eigenvalue weighted by Gasteiger charge is -2.41. The predicted molar refractivity (Wildman–Crippen MR) is 177 cm³/mol. The molecule has 2 aliphatic rings. The SMILES string of the molecule is CCCCOc1ccc(NC2=Nc3ccccc3N3C2=Nc2c(c(C)nn2-c2ccccc2)C3c2ccccc2OC)cc1. The Morgan fingerprint density at radius 3 is 2.39 bits per heavy atom. The van der Waals surface area contributed by atoms with Crippen molar-refractivity contribution in [2.45, 2.75) is 32.7 Å². The van der Waals surface area contributed by atoms with Gasteiger partial charge in [0.25, 0.3) is 0 Å². The number of nitrogens with one attached hydrogen (secondary N) is 1. The summed E-state index contributed by atoms with van der Waals surface area (Å²) in [5.74, 6) is 3.76. The molecule has 1 atom stereocenters. The maximum absolute atomic E-state index is 5.93. The van der Waals surface area contributed by atoms with Gasteiger partial charge in [-0.05, 0) is 67.9 Å². The van der Waals surface area contributed by atoms with E-state index < -0.39 is 0 Å². The summed E-state index contributed by atoms with van der Waals surface area (Å²) >= 11 is 0. The van der Waals surface area contributed by atoms with E-state index in [0.717, 1.165) is 69.7 Å². The molecule has 8 heteroatoms. The summed E-state index contributed by atoms with van der Waals surface area (Å²) in [4.78, 5) is 12.7. The van der Waals surface area contributed by atoms with E-state index in [1.54, 1.807) is 7.11 Å². The largest absolute Gasteiger partial charge is 0.496 e. The molecule has 3 heterocycles. The Kier molecular flexibility index (Phi) is 7.32. The molecule has 7 rings (SSSR count). The molecule has 4 aromatic carbocycles. The van der Waals surface area contributed by atoms with Crippen molar-refractivity contribution in [2.75, 3.05) is 23.9 Å². The van der Waals surface area contributed by atoms with Gasteiger partial charge in [-0.2, -0.15) is 5.10 Å². The minimum absolute atomic E-state index is 0.270. The number of hydrogen-bond acceptors (Lipinski definition) is 7. The Bertz CT molecular complexity index is 1860. The van der Waals surface area contributed by atoms with Gasteiger partial charge in [0.15, 0.2) is 17.5 Å². The highest BCUT2D eigenvalue weighted by molar-refractivity contribution is 6.51. The van der Waals surface area contributed by atoms with Crippen LogP contribution in [0.2, 0.25) is 0 Å². The Labute approximate surface area is 257 Å². The molecule has 1 N–H and O–H groups in total. The number of ether oxygens (including phenoxy) is 2. The second-order valence-electron chi connectivity index (χ2n) is 10.8. The van der Waals surface area contributed by atoms with E-state index in [4.69, 9.17) is 24.6 Å². The summed E-state index contributed by atoms with van der Waals surface area (Å²) in [5.41, 5.74) is 6.58. The molecular formula is C36H34N6O2. The molecule has 1 aromatic heterocycles. The molecule has 0 aliphatic carbocycles. The third-order valence-electron chi connectivity index (χ3n) is 7.96. The van der Waals surface area contributed by atoms with Gasteiger partial charge < -0.3 is 19.7 Å². The lowest BCUT2D eigenvalue weighted by molar-refractivity contribution is 0.309. The van der Waals surface area contributed by atoms with Crippen LogP contribution in [0.3, 0.4) is 0 Å². The average molecular weight is 583 g/mol. The monoisotopic (exact) mass is 582 g/mol. The number of aryl methyl sites for hydroxylation is 1. The Hall–Kier alpha value is -5.37. The zero-order valence-electron chi connectivity index (χ0n) is 25.1. The number of aliphatic imine (C=N–C) groups is 2. The van der Waals surface area contributed by atoms with Crippen LogP contribution in [0.15, 0.2) is 113 Å². The minimum Gasteiger partial charge on any atom is -0.496 e. The van der Waals surface area contributed by atoms with Crippen LogP contribution in [0.4, 0.5) is 22.9 Å². The smallest absolute Gasteiger partial charge is 0.179 e. The van der Waals surface area contributed by atoms with Gasteiger partial charge in [0.2, 0.25) is 0 Å². The highest BCUT2D eigenvalue weighted by Gasteiger charge is 2.42. The van der Waals surface area contributed by atoms with Gasteiger partial charge in [-0.3, -0.25) is 0 Å². The molecule has 0 saturated carbocycles. The molecule has 0 spiro atoms. The first-order chi connectivity index (χ1) is 21.7. The first kappa shape index (κ1) is 27.5. The quantitative estimate of drug-likeness (QED) is 0.187. The first-order valence-corrected chi connectivity index (χ1v) is 15.0. The van der Waals surface area contributed by atoms with E-state index in [1.807, 2.05) is 95.7 Å². The fourth-order valence-electron chi connectivity index (χ4n) is 5.84. The van der Waals surface area contributed by atoms with Gasteiger partial charge in [-0.1, -0.05) is 61.9 Å². The van der Waals surface area contributed by atoms with E-state index >= 15 is 0 Å². The molecule has 44 heavy (non-hydrogen) atoms. The fraction of sp³-hybridized carbons (Fsp3) is 0.194. The van der Waals surface area contributed by atoms with Crippen molar-refractivity contribution >= 4 is 34.6 Å². The number of benzene rings is 4. The van der Waals surface area contributed by atoms with Crippen molar-refractivity contribution in [3.8, 4) is 17.2 Å². The Morgan fingerprint density at radius 1 is 0.841 bits per heavy atom. The van der Waals surface area contributed by atoms with E-state index in [-0.39, 0.29) is 6.04 Å². The number of unbranched alkanes of at least 4 members (excludes halogenated alkanes) is 1. The molecule has 1 unspecified atom stereocenters. The molecule has 0 fully saturated rings. The van der Waals surface area contributed by atoms with E-state index in [0.29, 0.717) is 18.3 Å². The van der Waals surface area contributed by atoms with Crippen LogP contribution in [0.5, 0.6) is 11.5 Å². The van der Waals surface area contributed by atoms with Crippen molar-refractivity contribution in [3.63, 3.8) is 0 Å². The molecule has 5 aromatic rings. The van der Waals surface area contributed by atoms with Crippen molar-refractivity contribution < 1.29 is 9.47 Å². The van der Waals surface area contributed by atoms with Crippen molar-refractivity contribution in [1.82, 2.24) is 9.78 Å². The van der Waals surface area contributed by atoms with Crippen LogP contribution < -0.4 is 19.7 Å². The van der Waals surface area contributed by atoms with Gasteiger partial charge in [0, 0.05) is 16.8 Å². The number of fused-ring (bicyclic) bond motifs is 4. The fourth-order valence-corrected chi connectivity index (χ4v) is 5.84. The van der Waals surface area contributed by atoms with Gasteiger partial charge >= 0.3 is 0 Å². The van der Waals surface area contributed by atoms with Crippen LogP contribution in [0.25, 0.3) is 5.69 Å². The third kappa shape index (κ3) is 4.88. The Morgan fingerprint density at radius 2 is 1.59 bits per heavy atom. The van der Waals surface area contributed by atoms with Gasteiger partial charge in [0.1, 0.15) is 11.5 Å². The van der Waals surface area contributed by atoms with Gasteiger partial charge in [-0.15, -0.1) is 0 Å². The van der Waals surface area contributed by atoms with Crippen molar-refractivity contribution in [1.29, 1.82) is 0 Å². The highest BCUT2D eigenvalue weighted by Crippen LogP contribution is 2.49. The zero-order valence-corrected chi connectivity index (χ0v) is 25.1. The number of nitrogens with zero attached hydrogens (tertiary/aromatic N) is 5. The van der Waals surface area contributed by atoms with Crippen LogP contribution in [0.1, 0.15) is 42.6 Å². The number of amidine groups is 2. The summed E-state index contributed by atoms with van der Waals surface area (Å²) < 4.78 is 13.8. The first-order valence-electron chi connectivity index (χ1n) is 15.0. The van der Waals surface area contributed by atoms with Crippen LogP contribution >= 0.6 is 0 Å². The maximum Gasteiger partial charge on any atom is 0.179 e. The van der Waals surface area contributed by atoms with E-state index in [9.17, 15) is 0 Å². The number of aromatic nitrogens is 2. The standard InChI is InChI=1S/C36H34N6O2/c1-4-5-23-44-27-21-19-25(20-22-27)37-34-36-39-35-32(24(2)40-42(35)26-13-7-6-8-14-26)33(28-15-9-12-18-31(28)43-3)41(36)30-17-11-10-16-29(30)38-34/h6-22,33H,4-5,23H2,1-3H3,(H,37,38). The van der Waals surface area contributed by atoms with Crippen LogP contribution in [-0.4, -0.2) is 35.2 Å². The average Bonchev–Trinajstić information content (AvgIpc) is 3.41. The number of rotatable bonds is 8. The third-order valence-corrected chi connectivity index (χ3v) is 7.96. The topological polar surface area (TPSA) is 76.3 Å². The molecule has 2 aliphatic heterocycles. The molecule has 8 nitrogen and oxygen atoms in total. The lowest BCUT2D eigenvalue weighted by atomic mass is 9.92. The predicted octanol–water partition coefficient (Wildman–Crippen LogP) is 8.16. The Balaban J connectivity index is 1.40. The number of methoxy groups -OCH3 is 1. The summed E-state index contributed by atoms with van der Waals surface area (Å²) in [6, 6.07) is 34.2. The van der Waals surface area contributed by atoms with E-state index in [1.165, 1.54) is 0 Å². The van der Waals surface area contributed by atoms with Gasteiger partial charge in [-0.25, -0.2) is 14.7 Å². The number of para-hydroxylation sites is 4. The maximum atomic E-state index is 5.93.